The van der Waals surface area contributed by atoms with Crippen LogP contribution in [-0.4, -0.2) is 18.3 Å². The molecule has 0 aliphatic heterocycles. The summed E-state index contributed by atoms with van der Waals surface area (Å²) >= 11 is 0. The van der Waals surface area contributed by atoms with E-state index in [1.807, 2.05) is 30.3 Å². The Morgan fingerprint density at radius 1 is 1.00 bits per heavy atom. The first-order chi connectivity index (χ1) is 10.2. The normalized spacial score (nSPS) is 9.48. The van der Waals surface area contributed by atoms with Crippen LogP contribution in [0.15, 0.2) is 61.2 Å². The minimum atomic E-state index is 0.0441. The highest BCUT2D eigenvalue weighted by molar-refractivity contribution is 5.34. The molecule has 2 heteroatoms. The van der Waals surface area contributed by atoms with E-state index in [2.05, 4.69) is 44.7 Å². The molecule has 2 aromatic rings. The molecule has 21 heavy (non-hydrogen) atoms. The molecular formula is C19H24O2. The van der Waals surface area contributed by atoms with Crippen molar-refractivity contribution < 1.29 is 9.84 Å². The van der Waals surface area contributed by atoms with Crippen LogP contribution in [0.3, 0.4) is 0 Å². The number of para-hydroxylation sites is 1. The largest absolute Gasteiger partial charge is 0.491 e. The van der Waals surface area contributed by atoms with Gasteiger partial charge in [-0.25, -0.2) is 0 Å². The van der Waals surface area contributed by atoms with Crippen LogP contribution in [0.4, 0.5) is 0 Å². The smallest absolute Gasteiger partial charge is 0.122 e. The van der Waals surface area contributed by atoms with Crippen LogP contribution in [0.25, 0.3) is 0 Å². The van der Waals surface area contributed by atoms with E-state index < -0.39 is 0 Å². The van der Waals surface area contributed by atoms with Gasteiger partial charge in [0.25, 0.3) is 0 Å². The van der Waals surface area contributed by atoms with Crippen LogP contribution in [0, 0.1) is 13.8 Å². The van der Waals surface area contributed by atoms with Crippen molar-refractivity contribution in [2.45, 2.75) is 20.3 Å². The number of hydrogen-bond donors (Lipinski definition) is 1. The SMILES string of the molecule is C=CCc1ccccc1OCCO.Cc1ccc(C)cc1. The number of aliphatic hydroxyl groups is 1. The molecule has 0 heterocycles. The van der Waals surface area contributed by atoms with Gasteiger partial charge in [0.15, 0.2) is 0 Å². The monoisotopic (exact) mass is 284 g/mol. The highest BCUT2D eigenvalue weighted by atomic mass is 16.5. The first-order valence-electron chi connectivity index (χ1n) is 7.13. The fourth-order valence-corrected chi connectivity index (χ4v) is 1.76. The van der Waals surface area contributed by atoms with Crippen LogP contribution in [0.5, 0.6) is 5.75 Å². The second kappa shape index (κ2) is 9.78. The summed E-state index contributed by atoms with van der Waals surface area (Å²) < 4.78 is 5.34. The van der Waals surface area contributed by atoms with E-state index in [9.17, 15) is 0 Å². The quantitative estimate of drug-likeness (QED) is 0.838. The fraction of sp³-hybridized carbons (Fsp3) is 0.263. The van der Waals surface area contributed by atoms with Crippen molar-refractivity contribution in [3.8, 4) is 5.75 Å². The Balaban J connectivity index is 0.000000235. The van der Waals surface area contributed by atoms with Crippen LogP contribution in [0.2, 0.25) is 0 Å². The molecule has 2 rings (SSSR count). The van der Waals surface area contributed by atoms with Gasteiger partial charge in [0.05, 0.1) is 6.61 Å². The third-order valence-corrected chi connectivity index (χ3v) is 2.90. The van der Waals surface area contributed by atoms with Crippen molar-refractivity contribution >= 4 is 0 Å². The number of rotatable bonds is 5. The van der Waals surface area contributed by atoms with Gasteiger partial charge in [-0.05, 0) is 31.9 Å². The first kappa shape index (κ1) is 17.0. The fourth-order valence-electron chi connectivity index (χ4n) is 1.76. The average Bonchev–Trinajstić information content (AvgIpc) is 2.50. The van der Waals surface area contributed by atoms with E-state index in [0.29, 0.717) is 6.61 Å². The lowest BCUT2D eigenvalue weighted by Crippen LogP contribution is -2.03. The van der Waals surface area contributed by atoms with Gasteiger partial charge in [0.1, 0.15) is 12.4 Å². The van der Waals surface area contributed by atoms with Gasteiger partial charge in [-0.3, -0.25) is 0 Å². The van der Waals surface area contributed by atoms with Gasteiger partial charge >= 0.3 is 0 Å². The van der Waals surface area contributed by atoms with Crippen molar-refractivity contribution in [2.24, 2.45) is 0 Å². The molecule has 0 saturated heterocycles. The predicted molar refractivity (Wildman–Crippen MR) is 88.8 cm³/mol. The summed E-state index contributed by atoms with van der Waals surface area (Å²) in [6.07, 6.45) is 2.63. The van der Waals surface area contributed by atoms with Gasteiger partial charge in [0, 0.05) is 0 Å². The number of benzene rings is 2. The summed E-state index contributed by atoms with van der Waals surface area (Å²) in [7, 11) is 0. The minimum absolute atomic E-state index is 0.0441. The van der Waals surface area contributed by atoms with Crippen molar-refractivity contribution in [3.05, 3.63) is 77.9 Å². The molecule has 0 aliphatic carbocycles. The van der Waals surface area contributed by atoms with E-state index in [-0.39, 0.29) is 6.61 Å². The zero-order valence-corrected chi connectivity index (χ0v) is 12.9. The first-order valence-corrected chi connectivity index (χ1v) is 7.13. The van der Waals surface area contributed by atoms with Gasteiger partial charge in [0.2, 0.25) is 0 Å². The van der Waals surface area contributed by atoms with Gasteiger partial charge < -0.3 is 9.84 Å². The Morgan fingerprint density at radius 3 is 2.10 bits per heavy atom. The van der Waals surface area contributed by atoms with Crippen LogP contribution in [0.1, 0.15) is 16.7 Å². The van der Waals surface area contributed by atoms with E-state index in [4.69, 9.17) is 9.84 Å². The maximum absolute atomic E-state index is 8.60. The van der Waals surface area contributed by atoms with Gasteiger partial charge in [-0.1, -0.05) is 59.7 Å². The highest BCUT2D eigenvalue weighted by Crippen LogP contribution is 2.18. The molecule has 0 unspecified atom stereocenters. The summed E-state index contributed by atoms with van der Waals surface area (Å²) in [4.78, 5) is 0. The van der Waals surface area contributed by atoms with E-state index in [0.717, 1.165) is 17.7 Å². The van der Waals surface area contributed by atoms with Crippen LogP contribution < -0.4 is 4.74 Å². The summed E-state index contributed by atoms with van der Waals surface area (Å²) in [6.45, 7) is 8.25. The molecular weight excluding hydrogens is 260 g/mol. The Kier molecular flexibility index (Phi) is 7.92. The summed E-state index contributed by atoms with van der Waals surface area (Å²) in [6, 6.07) is 16.3. The van der Waals surface area contributed by atoms with Gasteiger partial charge in [-0.2, -0.15) is 0 Å². The Hall–Kier alpha value is -2.06. The third-order valence-electron chi connectivity index (χ3n) is 2.90. The molecule has 0 aromatic heterocycles. The molecule has 0 aliphatic rings. The number of allylic oxidation sites excluding steroid dienone is 1. The Labute approximate surface area is 127 Å². The standard InChI is InChI=1S/C11H14O2.C8H10/c1-2-5-10-6-3-4-7-11(10)13-9-8-12;1-7-3-5-8(2)6-4-7/h2-4,6-7,12H,1,5,8-9H2;3-6H,1-2H3. The van der Waals surface area contributed by atoms with Crippen molar-refractivity contribution in [2.75, 3.05) is 13.2 Å². The number of aliphatic hydroxyl groups excluding tert-OH is 1. The zero-order valence-electron chi connectivity index (χ0n) is 12.9. The maximum Gasteiger partial charge on any atom is 0.122 e. The molecule has 112 valence electrons. The molecule has 0 radical (unpaired) electrons. The Morgan fingerprint density at radius 2 is 1.57 bits per heavy atom. The number of hydrogen-bond acceptors (Lipinski definition) is 2. The number of aryl methyl sites for hydroxylation is 2. The molecule has 2 nitrogen and oxygen atoms in total. The molecule has 0 fully saturated rings. The summed E-state index contributed by atoms with van der Waals surface area (Å²) in [5.41, 5.74) is 3.76. The lowest BCUT2D eigenvalue weighted by Gasteiger charge is -2.08. The molecule has 0 spiro atoms. The van der Waals surface area contributed by atoms with Crippen LogP contribution in [-0.2, 0) is 6.42 Å². The molecule has 0 saturated carbocycles. The second-order valence-electron chi connectivity index (χ2n) is 4.83. The lowest BCUT2D eigenvalue weighted by molar-refractivity contribution is 0.200. The topological polar surface area (TPSA) is 29.5 Å². The summed E-state index contributed by atoms with van der Waals surface area (Å²) in [5, 5.41) is 8.60. The van der Waals surface area contributed by atoms with Crippen molar-refractivity contribution in [3.63, 3.8) is 0 Å². The van der Waals surface area contributed by atoms with Gasteiger partial charge in [-0.15, -0.1) is 6.58 Å². The molecule has 0 amide bonds. The lowest BCUT2D eigenvalue weighted by atomic mass is 10.1. The predicted octanol–water partition coefficient (Wildman–Crippen LogP) is 4.09. The van der Waals surface area contributed by atoms with Crippen LogP contribution >= 0.6 is 0 Å². The summed E-state index contributed by atoms with van der Waals surface area (Å²) in [5.74, 6) is 0.830. The molecule has 0 bridgehead atoms. The maximum atomic E-state index is 8.60. The third kappa shape index (κ3) is 6.77. The van der Waals surface area contributed by atoms with Crippen molar-refractivity contribution in [1.29, 1.82) is 0 Å². The van der Waals surface area contributed by atoms with E-state index in [1.165, 1.54) is 11.1 Å². The van der Waals surface area contributed by atoms with E-state index in [1.54, 1.807) is 0 Å². The van der Waals surface area contributed by atoms with Crippen molar-refractivity contribution in [1.82, 2.24) is 0 Å². The molecule has 1 N–H and O–H groups in total. The second-order valence-corrected chi connectivity index (χ2v) is 4.83. The Bertz CT molecular complexity index is 509. The average molecular weight is 284 g/mol. The molecule has 2 aromatic carbocycles. The highest BCUT2D eigenvalue weighted by Gasteiger charge is 1.99. The zero-order chi connectivity index (χ0) is 15.5. The number of ether oxygens (including phenoxy) is 1. The molecule has 0 atom stereocenters. The minimum Gasteiger partial charge on any atom is -0.491 e. The van der Waals surface area contributed by atoms with E-state index >= 15 is 0 Å².